The fourth-order valence-corrected chi connectivity index (χ4v) is 2.67. The van der Waals surface area contributed by atoms with Crippen molar-refractivity contribution in [2.45, 2.75) is 38.6 Å². The number of rotatable bonds is 4. The first-order valence-electron chi connectivity index (χ1n) is 7.95. The molecule has 0 spiro atoms. The zero-order chi connectivity index (χ0) is 17.5. The van der Waals surface area contributed by atoms with Crippen LogP contribution in [0.1, 0.15) is 43.6 Å². The van der Waals surface area contributed by atoms with Gasteiger partial charge in [0.1, 0.15) is 5.75 Å². The molecule has 0 aliphatic carbocycles. The Labute approximate surface area is 148 Å². The highest BCUT2D eigenvalue weighted by molar-refractivity contribution is 6.53. The van der Waals surface area contributed by atoms with Gasteiger partial charge in [-0.1, -0.05) is 25.4 Å². The minimum absolute atomic E-state index is 0.0421. The summed E-state index contributed by atoms with van der Waals surface area (Å²) in [4.78, 5) is 12.4. The third kappa shape index (κ3) is 2.96. The van der Waals surface area contributed by atoms with Crippen LogP contribution in [-0.4, -0.2) is 18.5 Å². The number of ketones is 1. The maximum Gasteiger partial charge on any atom is 0.534 e. The van der Waals surface area contributed by atoms with Gasteiger partial charge in [-0.15, -0.1) is 0 Å². The topological polar surface area (TPSA) is 35.5 Å². The Morgan fingerprint density at radius 3 is 1.92 bits per heavy atom. The van der Waals surface area contributed by atoms with Crippen molar-refractivity contribution in [1.82, 2.24) is 0 Å². The smallest absolute Gasteiger partial charge is 0.534 e. The quantitative estimate of drug-likeness (QED) is 0.577. The minimum Gasteiger partial charge on any atom is -0.536 e. The van der Waals surface area contributed by atoms with E-state index in [1.54, 1.807) is 48.5 Å². The van der Waals surface area contributed by atoms with Crippen LogP contribution < -0.4 is 4.65 Å². The highest BCUT2D eigenvalue weighted by atomic mass is 35.5. The van der Waals surface area contributed by atoms with Gasteiger partial charge in [0.2, 0.25) is 0 Å². The molecule has 1 aliphatic rings. The molecule has 24 heavy (non-hydrogen) atoms. The number of hydrogen-bond acceptors (Lipinski definition) is 3. The Morgan fingerprint density at radius 2 is 1.46 bits per heavy atom. The van der Waals surface area contributed by atoms with E-state index >= 15 is 0 Å². The zero-order valence-corrected chi connectivity index (χ0v) is 15.1. The molecule has 0 saturated carbocycles. The Balaban J connectivity index is 1.70. The van der Waals surface area contributed by atoms with E-state index in [1.807, 2.05) is 0 Å². The van der Waals surface area contributed by atoms with E-state index in [4.69, 9.17) is 20.9 Å². The molecule has 3 rings (SSSR count). The van der Waals surface area contributed by atoms with E-state index in [-0.39, 0.29) is 23.8 Å². The molecule has 0 atom stereocenters. The molecular weight excluding hydrogens is 322 g/mol. The largest absolute Gasteiger partial charge is 0.536 e. The molecule has 1 fully saturated rings. The summed E-state index contributed by atoms with van der Waals surface area (Å²) in [6.45, 7) is 8.36. The molecule has 1 saturated heterocycles. The molecule has 1 heterocycles. The minimum atomic E-state index is -0.287. The lowest BCUT2D eigenvalue weighted by Gasteiger charge is -2.54. The van der Waals surface area contributed by atoms with E-state index in [0.29, 0.717) is 21.9 Å². The molecule has 0 bridgehead atoms. The molecular formula is C19H20BClO3. The van der Waals surface area contributed by atoms with Crippen molar-refractivity contribution < 1.29 is 14.1 Å². The van der Waals surface area contributed by atoms with Crippen LogP contribution >= 0.6 is 11.6 Å². The average Bonchev–Trinajstić information content (AvgIpc) is 2.55. The summed E-state index contributed by atoms with van der Waals surface area (Å²) in [5.74, 6) is 0.649. The first kappa shape index (κ1) is 17.1. The molecule has 2 aromatic carbocycles. The molecule has 0 unspecified atom stereocenters. The molecule has 0 amide bonds. The number of carbonyl (C=O) groups excluding carboxylic acids is 1. The van der Waals surface area contributed by atoms with Gasteiger partial charge >= 0.3 is 7.12 Å². The summed E-state index contributed by atoms with van der Waals surface area (Å²) in [6, 6.07) is 14.0. The second kappa shape index (κ2) is 5.94. The maximum absolute atomic E-state index is 12.4. The standard InChI is InChI=1S/C19H20BClO3/c1-18(2)19(3,4)24-20(18)23-16-11-7-14(8-12-16)17(22)13-5-9-15(21)10-6-13/h5-12H,1-4H3. The Hall–Kier alpha value is -1.78. The van der Waals surface area contributed by atoms with Crippen LogP contribution in [0.4, 0.5) is 0 Å². The number of halogens is 1. The maximum atomic E-state index is 12.4. The molecule has 0 radical (unpaired) electrons. The van der Waals surface area contributed by atoms with E-state index in [9.17, 15) is 4.79 Å². The Bertz CT molecular complexity index is 751. The molecule has 0 aromatic heterocycles. The lowest BCUT2D eigenvalue weighted by molar-refractivity contribution is -0.0412. The second-order valence-corrected chi connectivity index (χ2v) is 7.60. The van der Waals surface area contributed by atoms with Crippen molar-refractivity contribution >= 4 is 24.5 Å². The van der Waals surface area contributed by atoms with Gasteiger partial charge in [0, 0.05) is 21.5 Å². The van der Waals surface area contributed by atoms with Gasteiger partial charge in [-0.25, -0.2) is 0 Å². The van der Waals surface area contributed by atoms with Gasteiger partial charge in [-0.2, -0.15) is 0 Å². The van der Waals surface area contributed by atoms with Crippen LogP contribution in [0.5, 0.6) is 5.75 Å². The van der Waals surface area contributed by atoms with E-state index in [1.165, 1.54) is 0 Å². The van der Waals surface area contributed by atoms with Gasteiger partial charge in [0.25, 0.3) is 0 Å². The fraction of sp³-hybridized carbons (Fsp3) is 0.316. The third-order valence-corrected chi connectivity index (χ3v) is 5.26. The van der Waals surface area contributed by atoms with Crippen molar-refractivity contribution in [1.29, 1.82) is 0 Å². The lowest BCUT2D eigenvalue weighted by Crippen LogP contribution is -2.64. The first-order chi connectivity index (χ1) is 11.2. The summed E-state index contributed by atoms with van der Waals surface area (Å²) in [5.41, 5.74) is 1.01. The van der Waals surface area contributed by atoms with E-state index in [2.05, 4.69) is 27.7 Å². The highest BCUT2D eigenvalue weighted by Gasteiger charge is 2.62. The van der Waals surface area contributed by atoms with Crippen molar-refractivity contribution in [2.24, 2.45) is 0 Å². The molecule has 0 N–H and O–H groups in total. The van der Waals surface area contributed by atoms with Crippen LogP contribution in [0.15, 0.2) is 48.5 Å². The van der Waals surface area contributed by atoms with Gasteiger partial charge in [-0.05, 0) is 62.4 Å². The van der Waals surface area contributed by atoms with Gasteiger partial charge in [-0.3, -0.25) is 4.79 Å². The van der Waals surface area contributed by atoms with Gasteiger partial charge < -0.3 is 9.31 Å². The second-order valence-electron chi connectivity index (χ2n) is 7.16. The highest BCUT2D eigenvalue weighted by Crippen LogP contribution is 2.53. The number of benzene rings is 2. The van der Waals surface area contributed by atoms with E-state index in [0.717, 1.165) is 0 Å². The molecule has 124 valence electrons. The fourth-order valence-electron chi connectivity index (χ4n) is 2.54. The van der Waals surface area contributed by atoms with Crippen LogP contribution in [0.3, 0.4) is 0 Å². The van der Waals surface area contributed by atoms with Crippen molar-refractivity contribution in [2.75, 3.05) is 0 Å². The molecule has 5 heteroatoms. The van der Waals surface area contributed by atoms with Crippen LogP contribution in [0.25, 0.3) is 0 Å². The summed E-state index contributed by atoms with van der Waals surface area (Å²) in [6.07, 6.45) is 0. The monoisotopic (exact) mass is 342 g/mol. The lowest BCUT2D eigenvalue weighted by atomic mass is 9.45. The van der Waals surface area contributed by atoms with Crippen molar-refractivity contribution in [3.63, 3.8) is 0 Å². The molecule has 2 aromatic rings. The SMILES string of the molecule is CC1(C)OB(Oc2ccc(C(=O)c3ccc(Cl)cc3)cc2)C1(C)C. The number of hydrogen-bond donors (Lipinski definition) is 0. The van der Waals surface area contributed by atoms with E-state index < -0.39 is 0 Å². The normalized spacial score (nSPS) is 18.0. The predicted molar refractivity (Wildman–Crippen MR) is 96.9 cm³/mol. The number of carbonyl (C=O) groups is 1. The van der Waals surface area contributed by atoms with Gasteiger partial charge in [0.15, 0.2) is 5.78 Å². The predicted octanol–water partition coefficient (Wildman–Crippen LogP) is 5.03. The molecule has 3 nitrogen and oxygen atoms in total. The summed E-state index contributed by atoms with van der Waals surface area (Å²) in [5, 5.41) is 0.534. The summed E-state index contributed by atoms with van der Waals surface area (Å²) < 4.78 is 11.7. The average molecular weight is 343 g/mol. The van der Waals surface area contributed by atoms with Crippen molar-refractivity contribution in [3.05, 3.63) is 64.7 Å². The van der Waals surface area contributed by atoms with Crippen molar-refractivity contribution in [3.8, 4) is 5.75 Å². The summed E-state index contributed by atoms with van der Waals surface area (Å²) >= 11 is 5.85. The third-order valence-electron chi connectivity index (χ3n) is 5.01. The van der Waals surface area contributed by atoms with Crippen LogP contribution in [0, 0.1) is 0 Å². The Kier molecular flexibility index (Phi) is 4.22. The first-order valence-corrected chi connectivity index (χ1v) is 8.33. The zero-order valence-electron chi connectivity index (χ0n) is 14.3. The van der Waals surface area contributed by atoms with Crippen LogP contribution in [-0.2, 0) is 4.65 Å². The summed E-state index contributed by atoms with van der Waals surface area (Å²) in [7, 11) is -0.287. The van der Waals surface area contributed by atoms with Gasteiger partial charge in [0.05, 0.1) is 5.60 Å². The Morgan fingerprint density at radius 1 is 0.958 bits per heavy atom. The molecule has 1 aliphatic heterocycles. The van der Waals surface area contributed by atoms with Crippen LogP contribution in [0.2, 0.25) is 10.3 Å².